The molecular weight excluding hydrogens is 470 g/mol. The number of ether oxygens (including phenoxy) is 1. The molecule has 1 aromatic heterocycles. The van der Waals surface area contributed by atoms with E-state index in [1.165, 1.54) is 6.33 Å². The van der Waals surface area contributed by atoms with E-state index in [2.05, 4.69) is 36.7 Å². The lowest BCUT2D eigenvalue weighted by molar-refractivity contribution is -0.121. The Kier molecular flexibility index (Phi) is 6.62. The highest BCUT2D eigenvalue weighted by atomic mass is 79.9. The van der Waals surface area contributed by atoms with Crippen LogP contribution in [-0.2, 0) is 4.79 Å². The number of amides is 1. The van der Waals surface area contributed by atoms with Gasteiger partial charge in [-0.2, -0.15) is 4.98 Å². The largest absolute Gasteiger partial charge is 0.437 e. The van der Waals surface area contributed by atoms with Gasteiger partial charge in [0.05, 0.1) is 5.92 Å². The summed E-state index contributed by atoms with van der Waals surface area (Å²) in [7, 11) is 0. The van der Waals surface area contributed by atoms with Gasteiger partial charge in [0.1, 0.15) is 17.8 Å². The van der Waals surface area contributed by atoms with Crippen LogP contribution in [0.15, 0.2) is 95.7 Å². The fraction of sp³-hybridized carbons (Fsp3) is 0.0417. The van der Waals surface area contributed by atoms with Crippen molar-refractivity contribution in [3.8, 4) is 11.6 Å². The van der Waals surface area contributed by atoms with Crippen LogP contribution in [0.25, 0.3) is 0 Å². The van der Waals surface area contributed by atoms with E-state index in [-0.39, 0.29) is 23.3 Å². The first-order chi connectivity index (χ1) is 15.6. The highest BCUT2D eigenvalue weighted by Crippen LogP contribution is 2.30. The smallest absolute Gasteiger partial charge is 0.250 e. The minimum absolute atomic E-state index is 0.173. The molecule has 32 heavy (non-hydrogen) atoms. The summed E-state index contributed by atoms with van der Waals surface area (Å²) in [5, 5.41) is 0. The third kappa shape index (κ3) is 5.04. The first-order valence-corrected chi connectivity index (χ1v) is 10.6. The molecular formula is C24H20BrN5O2. The zero-order valence-corrected chi connectivity index (χ0v) is 18.5. The van der Waals surface area contributed by atoms with E-state index in [9.17, 15) is 4.79 Å². The van der Waals surface area contributed by atoms with E-state index in [0.29, 0.717) is 5.75 Å². The van der Waals surface area contributed by atoms with Crippen LogP contribution in [-0.4, -0.2) is 15.9 Å². The van der Waals surface area contributed by atoms with Crippen molar-refractivity contribution in [1.82, 2.24) is 15.4 Å². The molecule has 1 amide bonds. The van der Waals surface area contributed by atoms with Crippen LogP contribution in [0.3, 0.4) is 0 Å². The van der Waals surface area contributed by atoms with Crippen molar-refractivity contribution in [2.45, 2.75) is 5.92 Å². The number of nitrogen functional groups attached to an aromatic ring is 1. The van der Waals surface area contributed by atoms with Crippen molar-refractivity contribution in [3.63, 3.8) is 0 Å². The Bertz CT molecular complexity index is 1150. The topological polar surface area (TPSA) is 102 Å². The zero-order valence-electron chi connectivity index (χ0n) is 16.9. The number of hydrazine groups is 1. The summed E-state index contributed by atoms with van der Waals surface area (Å²) >= 11 is 3.38. The van der Waals surface area contributed by atoms with Crippen LogP contribution >= 0.6 is 15.9 Å². The number of rotatable bonds is 7. The van der Waals surface area contributed by atoms with Crippen LogP contribution in [0.1, 0.15) is 17.0 Å². The van der Waals surface area contributed by atoms with Crippen molar-refractivity contribution in [2.75, 3.05) is 11.2 Å². The molecule has 0 saturated heterocycles. The number of hydrogen-bond donors (Lipinski definition) is 3. The van der Waals surface area contributed by atoms with Crippen LogP contribution in [0.5, 0.6) is 11.6 Å². The van der Waals surface area contributed by atoms with Crippen molar-refractivity contribution >= 4 is 33.3 Å². The maximum Gasteiger partial charge on any atom is 0.250 e. The molecule has 160 valence electrons. The number of aromatic nitrogens is 2. The molecule has 4 aromatic rings. The lowest BCUT2D eigenvalue weighted by Gasteiger charge is -2.19. The number of halogens is 1. The number of carbonyl (C=O) groups excluding carboxylic acids is 1. The quantitative estimate of drug-likeness (QED) is 0.319. The lowest BCUT2D eigenvalue weighted by Crippen LogP contribution is -2.35. The van der Waals surface area contributed by atoms with Crippen molar-refractivity contribution in [3.05, 3.63) is 107 Å². The van der Waals surface area contributed by atoms with E-state index < -0.39 is 5.92 Å². The molecule has 0 atom stereocenters. The molecule has 3 aromatic carbocycles. The van der Waals surface area contributed by atoms with Crippen molar-refractivity contribution in [2.24, 2.45) is 0 Å². The third-order valence-corrected chi connectivity index (χ3v) is 5.24. The predicted molar refractivity (Wildman–Crippen MR) is 127 cm³/mol. The molecule has 1 heterocycles. The molecule has 0 aliphatic rings. The summed E-state index contributed by atoms with van der Waals surface area (Å²) in [6, 6.07) is 26.4. The van der Waals surface area contributed by atoms with Gasteiger partial charge in [-0.05, 0) is 35.4 Å². The predicted octanol–water partition coefficient (Wildman–Crippen LogP) is 4.89. The van der Waals surface area contributed by atoms with Gasteiger partial charge in [-0.25, -0.2) is 4.98 Å². The fourth-order valence-electron chi connectivity index (χ4n) is 3.15. The number of nitrogens with one attached hydrogen (secondary N) is 2. The van der Waals surface area contributed by atoms with Gasteiger partial charge in [0.25, 0.3) is 0 Å². The second-order valence-electron chi connectivity index (χ2n) is 6.87. The fourth-order valence-corrected chi connectivity index (χ4v) is 3.42. The van der Waals surface area contributed by atoms with Gasteiger partial charge in [0.15, 0.2) is 5.82 Å². The highest BCUT2D eigenvalue weighted by molar-refractivity contribution is 9.10. The van der Waals surface area contributed by atoms with E-state index in [1.807, 2.05) is 72.8 Å². The monoisotopic (exact) mass is 489 g/mol. The summed E-state index contributed by atoms with van der Waals surface area (Å²) < 4.78 is 6.68. The minimum atomic E-state index is -0.508. The first kappa shape index (κ1) is 21.3. The van der Waals surface area contributed by atoms with E-state index in [4.69, 9.17) is 10.5 Å². The summed E-state index contributed by atoms with van der Waals surface area (Å²) in [5.74, 6) is 0.228. The number of hydrogen-bond acceptors (Lipinski definition) is 6. The Morgan fingerprint density at radius 1 is 0.875 bits per heavy atom. The number of nitrogens with two attached hydrogens (primary N) is 1. The molecule has 0 aliphatic heterocycles. The van der Waals surface area contributed by atoms with Crippen LogP contribution in [0.4, 0.5) is 11.5 Å². The Balaban J connectivity index is 1.52. The second-order valence-corrected chi connectivity index (χ2v) is 7.78. The Labute approximate surface area is 193 Å². The zero-order chi connectivity index (χ0) is 22.3. The molecule has 4 rings (SSSR count). The molecule has 0 bridgehead atoms. The van der Waals surface area contributed by atoms with E-state index >= 15 is 0 Å². The minimum Gasteiger partial charge on any atom is -0.437 e. The summed E-state index contributed by atoms with van der Waals surface area (Å²) in [6.07, 6.45) is 1.31. The second kappa shape index (κ2) is 9.93. The van der Waals surface area contributed by atoms with Crippen LogP contribution < -0.4 is 21.3 Å². The molecule has 0 unspecified atom stereocenters. The molecule has 0 aliphatic carbocycles. The molecule has 0 saturated carbocycles. The van der Waals surface area contributed by atoms with E-state index in [1.54, 1.807) is 12.1 Å². The average Bonchev–Trinajstić information content (AvgIpc) is 2.82. The number of carbonyl (C=O) groups is 1. The average molecular weight is 490 g/mol. The Morgan fingerprint density at radius 2 is 1.47 bits per heavy atom. The third-order valence-electron chi connectivity index (χ3n) is 4.71. The van der Waals surface area contributed by atoms with E-state index in [0.717, 1.165) is 15.6 Å². The van der Waals surface area contributed by atoms with Gasteiger partial charge in [0, 0.05) is 4.47 Å². The highest BCUT2D eigenvalue weighted by Gasteiger charge is 2.23. The summed E-state index contributed by atoms with van der Waals surface area (Å²) in [4.78, 5) is 21.4. The molecule has 0 fully saturated rings. The molecule has 0 radical (unpaired) electrons. The lowest BCUT2D eigenvalue weighted by atomic mass is 9.91. The van der Waals surface area contributed by atoms with Gasteiger partial charge < -0.3 is 10.5 Å². The van der Waals surface area contributed by atoms with Gasteiger partial charge in [0.2, 0.25) is 11.8 Å². The van der Waals surface area contributed by atoms with Crippen LogP contribution in [0, 0.1) is 0 Å². The number of nitrogens with zero attached hydrogens (tertiary/aromatic N) is 2. The van der Waals surface area contributed by atoms with Gasteiger partial charge in [-0.1, -0.05) is 76.6 Å². The standard InChI is InChI=1S/C24H20BrN5O2/c25-18-11-13-19(14-12-18)32-24-21(26)22(27-15-28-24)29-30-23(31)20(16-7-3-1-4-8-16)17-9-5-2-6-10-17/h1-15,20H,26H2,(H,30,31)(H,27,28,29). The van der Waals surface area contributed by atoms with Gasteiger partial charge in [-0.3, -0.25) is 15.6 Å². The molecule has 8 heteroatoms. The summed E-state index contributed by atoms with van der Waals surface area (Å²) in [5.41, 5.74) is 13.6. The molecule has 7 nitrogen and oxygen atoms in total. The van der Waals surface area contributed by atoms with Crippen molar-refractivity contribution < 1.29 is 9.53 Å². The van der Waals surface area contributed by atoms with Gasteiger partial charge in [-0.15, -0.1) is 0 Å². The summed E-state index contributed by atoms with van der Waals surface area (Å²) in [6.45, 7) is 0. The number of anilines is 2. The SMILES string of the molecule is Nc1c(NNC(=O)C(c2ccccc2)c2ccccc2)ncnc1Oc1ccc(Br)cc1. The number of benzene rings is 3. The maximum absolute atomic E-state index is 13.1. The maximum atomic E-state index is 13.1. The normalized spacial score (nSPS) is 10.6. The first-order valence-electron chi connectivity index (χ1n) is 9.81. The molecule has 0 spiro atoms. The van der Waals surface area contributed by atoms with Gasteiger partial charge >= 0.3 is 0 Å². The Morgan fingerprint density at radius 3 is 2.06 bits per heavy atom. The van der Waals surface area contributed by atoms with Crippen LogP contribution in [0.2, 0.25) is 0 Å². The van der Waals surface area contributed by atoms with Crippen molar-refractivity contribution in [1.29, 1.82) is 0 Å². The molecule has 4 N–H and O–H groups in total. The Hall–Kier alpha value is -3.91.